The third-order valence-electron chi connectivity index (χ3n) is 3.71. The van der Waals surface area contributed by atoms with E-state index in [0.29, 0.717) is 0 Å². The van der Waals surface area contributed by atoms with E-state index < -0.39 is 9.04 Å². The molecule has 0 bridgehead atoms. The zero-order valence-electron chi connectivity index (χ0n) is 15.8. The number of hydrogen-bond donors (Lipinski definition) is 1. The summed E-state index contributed by atoms with van der Waals surface area (Å²) in [5.74, 6) is 0. The predicted molar refractivity (Wildman–Crippen MR) is 103 cm³/mol. The van der Waals surface area contributed by atoms with E-state index in [9.17, 15) is 0 Å². The van der Waals surface area contributed by atoms with Crippen LogP contribution in [0.15, 0.2) is 54.6 Å². The fraction of sp³-hybridized carbons (Fsp3) is 0.286. The van der Waals surface area contributed by atoms with E-state index in [1.165, 1.54) is 45.9 Å². The molecule has 3 aromatic carbocycles. The monoisotopic (exact) mass is 482 g/mol. The van der Waals surface area contributed by atoms with Crippen molar-refractivity contribution in [1.82, 2.24) is 0 Å². The number of fused-ring (bicyclic) bond motifs is 1. The Hall–Kier alpha value is -0.310. The first-order chi connectivity index (χ1) is 11.0. The van der Waals surface area contributed by atoms with Gasteiger partial charge in [0.1, 0.15) is 0 Å². The van der Waals surface area contributed by atoms with E-state index in [-0.39, 0.29) is 51.0 Å². The van der Waals surface area contributed by atoms with Crippen molar-refractivity contribution in [2.75, 3.05) is 0 Å². The molecule has 1 nitrogen and oxygen atoms in total. The third-order valence-corrected chi connectivity index (χ3v) is 3.71. The van der Waals surface area contributed by atoms with Crippen molar-refractivity contribution in [3.8, 4) is 11.1 Å². The number of benzene rings is 2. The Bertz CT molecular complexity index is 752. The van der Waals surface area contributed by atoms with Crippen molar-refractivity contribution in [1.29, 1.82) is 0 Å². The topological polar surface area (TPSA) is 20.2 Å². The second-order valence-electron chi connectivity index (χ2n) is 6.24. The van der Waals surface area contributed by atoms with E-state index in [4.69, 9.17) is 4.80 Å². The van der Waals surface area contributed by atoms with Gasteiger partial charge >= 0.3 is 26.2 Å². The maximum absolute atomic E-state index is 8.16. The van der Waals surface area contributed by atoms with Gasteiger partial charge in [0, 0.05) is 0 Å². The average Bonchev–Trinajstić information content (AvgIpc) is 2.90. The van der Waals surface area contributed by atoms with Gasteiger partial charge in [0.05, 0.1) is 0 Å². The Morgan fingerprint density at radius 3 is 2.12 bits per heavy atom. The Labute approximate surface area is 191 Å². The summed E-state index contributed by atoms with van der Waals surface area (Å²) in [6, 6.07) is 20.1. The zero-order valence-corrected chi connectivity index (χ0v) is 20.8. The summed E-state index contributed by atoms with van der Waals surface area (Å²) in [4.78, 5) is 8.16. The van der Waals surface area contributed by atoms with Gasteiger partial charge in [0.15, 0.2) is 9.04 Å². The van der Waals surface area contributed by atoms with Crippen LogP contribution in [0, 0.1) is 6.92 Å². The van der Waals surface area contributed by atoms with Crippen LogP contribution in [-0.2, 0) is 32.6 Å². The van der Waals surface area contributed by atoms with Gasteiger partial charge in [-0.05, 0) is 32.0 Å². The van der Waals surface area contributed by atoms with Crippen LogP contribution >= 0.6 is 0 Å². The smallest absolute Gasteiger partial charge is 1.00 e. The van der Waals surface area contributed by atoms with Crippen molar-refractivity contribution < 1.29 is 55.8 Å². The van der Waals surface area contributed by atoms with Gasteiger partial charge in [-0.25, -0.2) is 0 Å². The normalized spacial score (nSPS) is 9.46. The average molecular weight is 485 g/mol. The molecule has 0 fully saturated rings. The molecule has 0 aliphatic carbocycles. The minimum absolute atomic E-state index is 0. The molecule has 2 radical (unpaired) electrons. The molecular formula is C21H26Cl2OSiZr. The Kier molecular flexibility index (Phi) is 14.8. The van der Waals surface area contributed by atoms with Gasteiger partial charge in [0.25, 0.3) is 0 Å². The Morgan fingerprint density at radius 2 is 1.58 bits per heavy atom. The molecule has 0 aliphatic rings. The summed E-state index contributed by atoms with van der Waals surface area (Å²) < 4.78 is 0. The van der Waals surface area contributed by atoms with Gasteiger partial charge < -0.3 is 29.6 Å². The molecule has 0 amide bonds. The Balaban J connectivity index is 0. The Morgan fingerprint density at radius 1 is 1.00 bits per heavy atom. The maximum atomic E-state index is 8.16. The van der Waals surface area contributed by atoms with Crippen LogP contribution in [0.1, 0.15) is 24.5 Å². The summed E-state index contributed by atoms with van der Waals surface area (Å²) in [6.07, 6.45) is 2.37. The van der Waals surface area contributed by atoms with Crippen molar-refractivity contribution in [3.05, 3.63) is 65.7 Å². The number of rotatable bonds is 3. The molecule has 5 heteroatoms. The second-order valence-corrected chi connectivity index (χ2v) is 8.13. The van der Waals surface area contributed by atoms with E-state index in [1.807, 2.05) is 13.1 Å². The summed E-state index contributed by atoms with van der Waals surface area (Å²) in [5, 5.41) is 2.75. The molecule has 1 N–H and O–H groups in total. The van der Waals surface area contributed by atoms with E-state index >= 15 is 0 Å². The van der Waals surface area contributed by atoms with Gasteiger partial charge in [-0.15, -0.1) is 34.5 Å². The van der Waals surface area contributed by atoms with Crippen LogP contribution < -0.4 is 24.8 Å². The van der Waals surface area contributed by atoms with Crippen LogP contribution in [0.3, 0.4) is 0 Å². The third kappa shape index (κ3) is 8.15. The molecule has 0 spiro atoms. The van der Waals surface area contributed by atoms with Crippen molar-refractivity contribution >= 4 is 19.8 Å². The summed E-state index contributed by atoms with van der Waals surface area (Å²) >= 11 is 0. The number of hydrogen-bond acceptors (Lipinski definition) is 1. The molecular weight excluding hydrogens is 458 g/mol. The van der Waals surface area contributed by atoms with E-state index in [1.54, 1.807) is 0 Å². The van der Waals surface area contributed by atoms with Gasteiger partial charge in [-0.2, -0.15) is 6.07 Å². The molecule has 0 unspecified atom stereocenters. The van der Waals surface area contributed by atoms with Gasteiger partial charge in [0.2, 0.25) is 0 Å². The van der Waals surface area contributed by atoms with E-state index in [0.717, 1.165) is 0 Å². The molecule has 0 heterocycles. The molecule has 138 valence electrons. The minimum atomic E-state index is -0.880. The molecule has 0 atom stereocenters. The molecule has 0 saturated heterocycles. The van der Waals surface area contributed by atoms with Crippen molar-refractivity contribution in [3.63, 3.8) is 0 Å². The first-order valence-corrected chi connectivity index (χ1v) is 10.7. The van der Waals surface area contributed by atoms with Crippen molar-refractivity contribution in [2.24, 2.45) is 0 Å². The molecule has 3 aromatic rings. The van der Waals surface area contributed by atoms with Crippen LogP contribution in [0.2, 0.25) is 13.1 Å². The summed E-state index contributed by atoms with van der Waals surface area (Å²) in [6.45, 7) is 8.01. The van der Waals surface area contributed by atoms with Crippen molar-refractivity contribution in [2.45, 2.75) is 39.8 Å². The van der Waals surface area contributed by atoms with Gasteiger partial charge in [-0.3, -0.25) is 0 Å². The second kappa shape index (κ2) is 13.8. The quantitative estimate of drug-likeness (QED) is 0.401. The fourth-order valence-corrected chi connectivity index (χ4v) is 2.71. The molecule has 0 aliphatic heterocycles. The largest absolute Gasteiger partial charge is 3.00 e. The molecule has 26 heavy (non-hydrogen) atoms. The molecule has 0 saturated carbocycles. The zero-order chi connectivity index (χ0) is 16.8. The minimum Gasteiger partial charge on any atom is -1.00 e. The van der Waals surface area contributed by atoms with Crippen LogP contribution in [0.5, 0.6) is 0 Å². The van der Waals surface area contributed by atoms with Gasteiger partial charge in [-0.1, -0.05) is 54.8 Å². The predicted octanol–water partition coefficient (Wildman–Crippen LogP) is -0.278. The number of halogens is 2. The molecule has 3 rings (SSSR count). The van der Waals surface area contributed by atoms with Crippen LogP contribution in [-0.4, -0.2) is 13.8 Å². The first-order valence-electron chi connectivity index (χ1n) is 8.25. The summed E-state index contributed by atoms with van der Waals surface area (Å²) in [7, 11) is -0.880. The van der Waals surface area contributed by atoms with Crippen LogP contribution in [0.4, 0.5) is 0 Å². The van der Waals surface area contributed by atoms with Crippen LogP contribution in [0.25, 0.3) is 21.9 Å². The standard InChI is InChI=1S/C19H19.C2H7OSi.2ClH.Zr/c1-3-5-15-12-17-6-4-7-18(19(17)13-15)16-10-8-14(2)9-11-16;1-4(2)3;;;/h4,6-13H,3,5H2,1-2H3;3H,1-2H3;2*1H;/q-1;;;;+3/p-2. The van der Waals surface area contributed by atoms with E-state index in [2.05, 4.69) is 68.4 Å². The fourth-order valence-electron chi connectivity index (χ4n) is 2.71. The first kappa shape index (κ1) is 27.9. The summed E-state index contributed by atoms with van der Waals surface area (Å²) in [5.41, 5.74) is 5.42. The molecule has 0 aromatic heterocycles. The number of aryl methyl sites for hydroxylation is 2. The maximum Gasteiger partial charge on any atom is 3.00 e. The SMILES string of the molecule is CCCc1cc2c(-c3ccc(C)cc3)cccc2[cH-]1.C[Si](C)O.[Cl-].[Cl-].[Zr+3].